The minimum atomic E-state index is -0.530. The summed E-state index contributed by atoms with van der Waals surface area (Å²) < 4.78 is 5.19. The van der Waals surface area contributed by atoms with Crippen LogP contribution in [0, 0.1) is 0 Å². The van der Waals surface area contributed by atoms with Crippen LogP contribution in [0.1, 0.15) is 31.9 Å². The highest BCUT2D eigenvalue weighted by Gasteiger charge is 2.34. The Hall–Kier alpha value is -1.06. The Morgan fingerprint density at radius 1 is 1.41 bits per heavy atom. The molecule has 0 amide bonds. The maximum atomic E-state index is 10.5. The number of ether oxygens (including phenoxy) is 1. The van der Waals surface area contributed by atoms with Gasteiger partial charge in [-0.1, -0.05) is 19.1 Å². The fourth-order valence-electron chi connectivity index (χ4n) is 1.92. The molecule has 0 saturated heterocycles. The molecular weight excluding hydrogens is 214 g/mol. The maximum absolute atomic E-state index is 10.5. The van der Waals surface area contributed by atoms with Gasteiger partial charge in [-0.05, 0) is 45.1 Å². The van der Waals surface area contributed by atoms with Crippen LogP contribution < -0.4 is 4.74 Å². The van der Waals surface area contributed by atoms with E-state index in [0.29, 0.717) is 0 Å². The molecular formula is C14H23NO2. The minimum absolute atomic E-state index is 0.271. The van der Waals surface area contributed by atoms with Crippen molar-refractivity contribution in [3.63, 3.8) is 0 Å². The lowest BCUT2D eigenvalue weighted by Gasteiger charge is -2.40. The molecule has 0 aliphatic heterocycles. The predicted molar refractivity (Wildman–Crippen MR) is 70.3 cm³/mol. The van der Waals surface area contributed by atoms with Crippen molar-refractivity contribution in [2.75, 3.05) is 21.2 Å². The van der Waals surface area contributed by atoms with Crippen LogP contribution in [0.5, 0.6) is 5.75 Å². The van der Waals surface area contributed by atoms with Crippen LogP contribution in [-0.2, 0) is 0 Å². The van der Waals surface area contributed by atoms with Crippen molar-refractivity contribution in [2.45, 2.75) is 31.9 Å². The van der Waals surface area contributed by atoms with E-state index in [0.717, 1.165) is 17.7 Å². The summed E-state index contributed by atoms with van der Waals surface area (Å²) in [4.78, 5) is 2.07. The Bertz CT molecular complexity index is 365. The van der Waals surface area contributed by atoms with Gasteiger partial charge in [0.2, 0.25) is 0 Å². The topological polar surface area (TPSA) is 32.7 Å². The molecule has 3 heteroatoms. The van der Waals surface area contributed by atoms with Gasteiger partial charge in [0.15, 0.2) is 0 Å². The van der Waals surface area contributed by atoms with Gasteiger partial charge >= 0.3 is 0 Å². The highest BCUT2D eigenvalue weighted by molar-refractivity contribution is 5.31. The fraction of sp³-hybridized carbons (Fsp3) is 0.571. The van der Waals surface area contributed by atoms with Crippen LogP contribution in [0.4, 0.5) is 0 Å². The van der Waals surface area contributed by atoms with E-state index in [1.54, 1.807) is 7.11 Å². The maximum Gasteiger partial charge on any atom is 0.119 e. The van der Waals surface area contributed by atoms with E-state index < -0.39 is 6.10 Å². The number of hydrogen-bond donors (Lipinski definition) is 1. The highest BCUT2D eigenvalue weighted by Crippen LogP contribution is 2.33. The third-order valence-electron chi connectivity index (χ3n) is 3.74. The summed E-state index contributed by atoms with van der Waals surface area (Å²) in [6.45, 7) is 4.15. The second-order valence-corrected chi connectivity index (χ2v) is 4.78. The second kappa shape index (κ2) is 5.52. The van der Waals surface area contributed by atoms with Gasteiger partial charge < -0.3 is 14.7 Å². The zero-order valence-electron chi connectivity index (χ0n) is 11.4. The molecule has 1 N–H and O–H groups in total. The fourth-order valence-corrected chi connectivity index (χ4v) is 1.92. The lowest BCUT2D eigenvalue weighted by molar-refractivity contribution is 0.000767. The minimum Gasteiger partial charge on any atom is -0.497 e. The quantitative estimate of drug-likeness (QED) is 0.854. The van der Waals surface area contributed by atoms with Crippen molar-refractivity contribution in [1.29, 1.82) is 0 Å². The molecule has 17 heavy (non-hydrogen) atoms. The molecule has 1 aromatic carbocycles. The summed E-state index contributed by atoms with van der Waals surface area (Å²) in [5.74, 6) is 0.777. The number of likely N-dealkylation sites (N-methyl/N-ethyl adjacent to an activating group) is 1. The van der Waals surface area contributed by atoms with E-state index in [1.165, 1.54) is 0 Å². The number of benzene rings is 1. The number of methoxy groups -OCH3 is 1. The SMILES string of the molecule is CCC(C)(C(O)c1cccc(OC)c1)N(C)C. The Balaban J connectivity index is 3.05. The molecule has 0 heterocycles. The first-order valence-electron chi connectivity index (χ1n) is 5.95. The van der Waals surface area contributed by atoms with Crippen molar-refractivity contribution in [1.82, 2.24) is 4.90 Å². The average Bonchev–Trinajstić information content (AvgIpc) is 2.36. The van der Waals surface area contributed by atoms with Gasteiger partial charge in [0.1, 0.15) is 5.75 Å². The van der Waals surface area contributed by atoms with Gasteiger partial charge in [-0.2, -0.15) is 0 Å². The summed E-state index contributed by atoms with van der Waals surface area (Å²) in [7, 11) is 5.62. The highest BCUT2D eigenvalue weighted by atomic mass is 16.5. The molecule has 1 rings (SSSR count). The van der Waals surface area contributed by atoms with Gasteiger partial charge in [0, 0.05) is 5.54 Å². The third kappa shape index (κ3) is 2.79. The van der Waals surface area contributed by atoms with Crippen LogP contribution in [0.3, 0.4) is 0 Å². The number of aliphatic hydroxyl groups is 1. The molecule has 0 aliphatic carbocycles. The van der Waals surface area contributed by atoms with E-state index in [1.807, 2.05) is 38.4 Å². The lowest BCUT2D eigenvalue weighted by Crippen LogP contribution is -2.46. The zero-order chi connectivity index (χ0) is 13.1. The summed E-state index contributed by atoms with van der Waals surface area (Å²) in [6, 6.07) is 7.62. The van der Waals surface area contributed by atoms with E-state index in [-0.39, 0.29) is 5.54 Å². The standard InChI is InChI=1S/C14H23NO2/c1-6-14(2,15(3)4)13(16)11-8-7-9-12(10-11)17-5/h7-10,13,16H,6H2,1-5H3. The molecule has 2 atom stereocenters. The molecule has 0 radical (unpaired) electrons. The van der Waals surface area contributed by atoms with Crippen LogP contribution >= 0.6 is 0 Å². The van der Waals surface area contributed by atoms with E-state index in [4.69, 9.17) is 4.74 Å². The van der Waals surface area contributed by atoms with E-state index in [2.05, 4.69) is 18.7 Å². The Morgan fingerprint density at radius 2 is 2.06 bits per heavy atom. The van der Waals surface area contributed by atoms with Crippen molar-refractivity contribution in [3.05, 3.63) is 29.8 Å². The second-order valence-electron chi connectivity index (χ2n) is 4.78. The van der Waals surface area contributed by atoms with Crippen molar-refractivity contribution in [2.24, 2.45) is 0 Å². The molecule has 1 aromatic rings. The molecule has 96 valence electrons. The Morgan fingerprint density at radius 3 is 2.53 bits per heavy atom. The summed E-state index contributed by atoms with van der Waals surface area (Å²) >= 11 is 0. The normalized spacial score (nSPS) is 16.6. The monoisotopic (exact) mass is 237 g/mol. The summed E-state index contributed by atoms with van der Waals surface area (Å²) in [6.07, 6.45) is 0.343. The number of nitrogens with zero attached hydrogens (tertiary/aromatic N) is 1. The van der Waals surface area contributed by atoms with Crippen LogP contribution in [-0.4, -0.2) is 36.8 Å². The number of aliphatic hydroxyl groups excluding tert-OH is 1. The molecule has 0 spiro atoms. The lowest BCUT2D eigenvalue weighted by atomic mass is 9.86. The summed E-state index contributed by atoms with van der Waals surface area (Å²) in [5, 5.41) is 10.5. The van der Waals surface area contributed by atoms with E-state index in [9.17, 15) is 5.11 Å². The molecule has 2 unspecified atom stereocenters. The van der Waals surface area contributed by atoms with Gasteiger partial charge in [-0.3, -0.25) is 0 Å². The molecule has 0 aromatic heterocycles. The Kier molecular flexibility index (Phi) is 4.54. The smallest absolute Gasteiger partial charge is 0.119 e. The number of rotatable bonds is 5. The first-order chi connectivity index (χ1) is 7.95. The zero-order valence-corrected chi connectivity index (χ0v) is 11.4. The predicted octanol–water partition coefficient (Wildman–Crippen LogP) is 2.46. The molecule has 0 saturated carbocycles. The van der Waals surface area contributed by atoms with Gasteiger partial charge in [0.05, 0.1) is 13.2 Å². The first-order valence-corrected chi connectivity index (χ1v) is 5.95. The van der Waals surface area contributed by atoms with Crippen molar-refractivity contribution in [3.8, 4) is 5.75 Å². The first kappa shape index (κ1) is 14.0. The molecule has 0 fully saturated rings. The van der Waals surface area contributed by atoms with Crippen LogP contribution in [0.25, 0.3) is 0 Å². The Labute approximate surface area is 104 Å². The average molecular weight is 237 g/mol. The van der Waals surface area contributed by atoms with Gasteiger partial charge in [-0.15, -0.1) is 0 Å². The molecule has 0 bridgehead atoms. The summed E-state index contributed by atoms with van der Waals surface area (Å²) in [5.41, 5.74) is 0.620. The van der Waals surface area contributed by atoms with E-state index >= 15 is 0 Å². The van der Waals surface area contributed by atoms with Crippen molar-refractivity contribution >= 4 is 0 Å². The largest absolute Gasteiger partial charge is 0.497 e. The van der Waals surface area contributed by atoms with Gasteiger partial charge in [0.25, 0.3) is 0 Å². The van der Waals surface area contributed by atoms with Crippen LogP contribution in [0.15, 0.2) is 24.3 Å². The number of hydrogen-bond acceptors (Lipinski definition) is 3. The molecule has 0 aliphatic rings. The molecule has 3 nitrogen and oxygen atoms in total. The van der Waals surface area contributed by atoms with Crippen molar-refractivity contribution < 1.29 is 9.84 Å². The van der Waals surface area contributed by atoms with Crippen LogP contribution in [0.2, 0.25) is 0 Å². The third-order valence-corrected chi connectivity index (χ3v) is 3.74. The van der Waals surface area contributed by atoms with Gasteiger partial charge in [-0.25, -0.2) is 0 Å².